The summed E-state index contributed by atoms with van der Waals surface area (Å²) < 4.78 is 40.1. The third kappa shape index (κ3) is 4.67. The van der Waals surface area contributed by atoms with Crippen molar-refractivity contribution in [2.75, 3.05) is 19.6 Å². The number of likely N-dealkylation sites (tertiary alicyclic amines) is 1. The van der Waals surface area contributed by atoms with E-state index in [2.05, 4.69) is 15.3 Å². The standard InChI is InChI=1S/C21H22F3N5O/c1-28-12-16(11-25-28)14-2-3-20-15(8-14)9-18(26-27-20)10-19(30)13-29-6-4-17(5-7-29)21(22,23)24/h2-3,8-9,11-12,17H,4-7,10,13H2,1H3. The van der Waals surface area contributed by atoms with E-state index in [9.17, 15) is 18.0 Å². The van der Waals surface area contributed by atoms with Crippen molar-refractivity contribution < 1.29 is 18.0 Å². The summed E-state index contributed by atoms with van der Waals surface area (Å²) in [4.78, 5) is 14.2. The molecule has 1 aliphatic rings. The highest BCUT2D eigenvalue weighted by Crippen LogP contribution is 2.34. The van der Waals surface area contributed by atoms with E-state index in [4.69, 9.17) is 0 Å². The molecule has 0 amide bonds. The summed E-state index contributed by atoms with van der Waals surface area (Å²) in [6.07, 6.45) is -0.248. The van der Waals surface area contributed by atoms with Gasteiger partial charge in [0.15, 0.2) is 5.78 Å². The summed E-state index contributed by atoms with van der Waals surface area (Å²) in [5.41, 5.74) is 3.26. The van der Waals surface area contributed by atoms with Gasteiger partial charge in [0.2, 0.25) is 0 Å². The van der Waals surface area contributed by atoms with Crippen LogP contribution in [0.4, 0.5) is 13.2 Å². The molecule has 158 valence electrons. The highest BCUT2D eigenvalue weighted by Gasteiger charge is 2.41. The van der Waals surface area contributed by atoms with Crippen LogP contribution < -0.4 is 0 Å². The number of hydrogen-bond acceptors (Lipinski definition) is 5. The number of nitrogens with zero attached hydrogens (tertiary/aromatic N) is 5. The van der Waals surface area contributed by atoms with E-state index < -0.39 is 12.1 Å². The third-order valence-corrected chi connectivity index (χ3v) is 5.50. The molecule has 0 saturated carbocycles. The number of hydrogen-bond donors (Lipinski definition) is 0. The molecule has 1 aromatic carbocycles. The van der Waals surface area contributed by atoms with Gasteiger partial charge < -0.3 is 0 Å². The van der Waals surface area contributed by atoms with Crippen molar-refractivity contribution in [3.8, 4) is 11.1 Å². The normalized spacial score (nSPS) is 16.3. The predicted octanol–water partition coefficient (Wildman–Crippen LogP) is 3.42. The number of benzene rings is 1. The van der Waals surface area contributed by atoms with E-state index in [0.717, 1.165) is 22.0 Å². The molecule has 4 rings (SSSR count). The molecule has 6 nitrogen and oxygen atoms in total. The number of aromatic nitrogens is 4. The van der Waals surface area contributed by atoms with Gasteiger partial charge in [-0.2, -0.15) is 28.5 Å². The fraction of sp³-hybridized carbons (Fsp3) is 0.429. The van der Waals surface area contributed by atoms with Crippen LogP contribution in [0.5, 0.6) is 0 Å². The van der Waals surface area contributed by atoms with Crippen molar-refractivity contribution in [2.45, 2.75) is 25.4 Å². The van der Waals surface area contributed by atoms with Gasteiger partial charge >= 0.3 is 6.18 Å². The van der Waals surface area contributed by atoms with Gasteiger partial charge in [-0.05, 0) is 49.7 Å². The maximum atomic E-state index is 12.8. The Morgan fingerprint density at radius 2 is 1.90 bits per heavy atom. The lowest BCUT2D eigenvalue weighted by atomic mass is 9.96. The number of fused-ring (bicyclic) bond motifs is 1. The number of ketones is 1. The second-order valence-corrected chi connectivity index (χ2v) is 7.82. The highest BCUT2D eigenvalue weighted by atomic mass is 19.4. The molecule has 1 saturated heterocycles. The first-order chi connectivity index (χ1) is 14.3. The topological polar surface area (TPSA) is 63.9 Å². The van der Waals surface area contributed by atoms with Gasteiger partial charge in [-0.15, -0.1) is 0 Å². The Morgan fingerprint density at radius 1 is 1.13 bits per heavy atom. The molecule has 0 unspecified atom stereocenters. The van der Waals surface area contributed by atoms with Crippen LogP contribution in [-0.4, -0.2) is 56.5 Å². The molecule has 3 heterocycles. The van der Waals surface area contributed by atoms with Crippen LogP contribution in [-0.2, 0) is 18.3 Å². The molecule has 0 spiro atoms. The van der Waals surface area contributed by atoms with Crippen molar-refractivity contribution in [3.63, 3.8) is 0 Å². The molecule has 0 radical (unpaired) electrons. The minimum Gasteiger partial charge on any atom is -0.298 e. The zero-order valence-electron chi connectivity index (χ0n) is 16.6. The number of rotatable bonds is 5. The van der Waals surface area contributed by atoms with E-state index in [0.29, 0.717) is 5.69 Å². The minimum absolute atomic E-state index is 0.0453. The predicted molar refractivity (Wildman–Crippen MR) is 106 cm³/mol. The molecule has 0 N–H and O–H groups in total. The molecular weight excluding hydrogens is 395 g/mol. The Labute approximate surface area is 171 Å². The number of alkyl halides is 3. The number of carbonyl (C=O) groups is 1. The molecule has 0 bridgehead atoms. The summed E-state index contributed by atoms with van der Waals surface area (Å²) in [7, 11) is 1.85. The van der Waals surface area contributed by atoms with E-state index in [1.54, 1.807) is 15.8 Å². The number of aryl methyl sites for hydroxylation is 1. The molecule has 3 aromatic rings. The fourth-order valence-electron chi connectivity index (χ4n) is 3.85. The van der Waals surface area contributed by atoms with Gasteiger partial charge in [-0.25, -0.2) is 0 Å². The molecule has 9 heteroatoms. The lowest BCUT2D eigenvalue weighted by molar-refractivity contribution is -0.185. The summed E-state index contributed by atoms with van der Waals surface area (Å²) in [6, 6.07) is 7.65. The van der Waals surface area contributed by atoms with E-state index in [1.165, 1.54) is 0 Å². The summed E-state index contributed by atoms with van der Waals surface area (Å²) >= 11 is 0. The quantitative estimate of drug-likeness (QED) is 0.637. The van der Waals surface area contributed by atoms with E-state index in [1.807, 2.05) is 37.5 Å². The van der Waals surface area contributed by atoms with Crippen molar-refractivity contribution in [3.05, 3.63) is 42.4 Å². The van der Waals surface area contributed by atoms with Crippen LogP contribution in [0.15, 0.2) is 36.7 Å². The maximum Gasteiger partial charge on any atom is 0.391 e. The lowest BCUT2D eigenvalue weighted by Gasteiger charge is -2.32. The Bertz CT molecular complexity index is 1050. The fourth-order valence-corrected chi connectivity index (χ4v) is 3.85. The Balaban J connectivity index is 1.40. The van der Waals surface area contributed by atoms with Gasteiger partial charge in [0.1, 0.15) is 0 Å². The molecule has 0 aliphatic carbocycles. The number of carbonyl (C=O) groups excluding carboxylic acids is 1. The minimum atomic E-state index is -4.15. The van der Waals surface area contributed by atoms with Crippen LogP contribution in [0.1, 0.15) is 18.5 Å². The number of piperidine rings is 1. The van der Waals surface area contributed by atoms with Crippen LogP contribution in [0.2, 0.25) is 0 Å². The zero-order chi connectivity index (χ0) is 21.3. The van der Waals surface area contributed by atoms with Crippen LogP contribution >= 0.6 is 0 Å². The number of Topliss-reactive ketones (excluding diaryl/α,β-unsaturated/α-hetero) is 1. The van der Waals surface area contributed by atoms with Gasteiger partial charge in [0.25, 0.3) is 0 Å². The summed E-state index contributed by atoms with van der Waals surface area (Å²) in [6.45, 7) is 0.710. The first kappa shape index (κ1) is 20.5. The molecule has 1 fully saturated rings. The second-order valence-electron chi connectivity index (χ2n) is 7.82. The van der Waals surface area contributed by atoms with E-state index >= 15 is 0 Å². The SMILES string of the molecule is Cn1cc(-c2ccc3nnc(CC(=O)CN4CCC(C(F)(F)F)CC4)cc3c2)cn1. The highest BCUT2D eigenvalue weighted by molar-refractivity contribution is 5.86. The second kappa shape index (κ2) is 8.14. The molecule has 30 heavy (non-hydrogen) atoms. The largest absolute Gasteiger partial charge is 0.391 e. The van der Waals surface area contributed by atoms with Crippen molar-refractivity contribution >= 4 is 16.7 Å². The van der Waals surface area contributed by atoms with E-state index in [-0.39, 0.29) is 44.7 Å². The maximum absolute atomic E-state index is 12.8. The summed E-state index contributed by atoms with van der Waals surface area (Å²) in [5, 5.41) is 13.4. The third-order valence-electron chi connectivity index (χ3n) is 5.50. The lowest BCUT2D eigenvalue weighted by Crippen LogP contribution is -2.41. The molecule has 1 aliphatic heterocycles. The smallest absolute Gasteiger partial charge is 0.298 e. The molecular formula is C21H22F3N5O. The average molecular weight is 417 g/mol. The first-order valence-electron chi connectivity index (χ1n) is 9.84. The Hall–Kier alpha value is -2.81. The molecule has 2 aromatic heterocycles. The number of halogens is 3. The Kier molecular flexibility index (Phi) is 5.55. The van der Waals surface area contributed by atoms with Gasteiger partial charge in [-0.1, -0.05) is 6.07 Å². The Morgan fingerprint density at radius 3 is 2.57 bits per heavy atom. The summed E-state index contributed by atoms with van der Waals surface area (Å²) in [5.74, 6) is -1.33. The van der Waals surface area contributed by atoms with Crippen molar-refractivity contribution in [2.24, 2.45) is 13.0 Å². The van der Waals surface area contributed by atoms with Crippen LogP contribution in [0, 0.1) is 5.92 Å². The average Bonchev–Trinajstić information content (AvgIpc) is 3.13. The zero-order valence-corrected chi connectivity index (χ0v) is 16.6. The van der Waals surface area contributed by atoms with Crippen molar-refractivity contribution in [1.29, 1.82) is 0 Å². The van der Waals surface area contributed by atoms with Gasteiger partial charge in [-0.3, -0.25) is 14.4 Å². The van der Waals surface area contributed by atoms with Crippen LogP contribution in [0.25, 0.3) is 22.0 Å². The van der Waals surface area contributed by atoms with Gasteiger partial charge in [0, 0.05) is 24.2 Å². The molecule has 0 atom stereocenters. The first-order valence-corrected chi connectivity index (χ1v) is 9.84. The van der Waals surface area contributed by atoms with Crippen LogP contribution in [0.3, 0.4) is 0 Å². The monoisotopic (exact) mass is 417 g/mol. The van der Waals surface area contributed by atoms with Crippen molar-refractivity contribution in [1.82, 2.24) is 24.9 Å². The van der Waals surface area contributed by atoms with Gasteiger partial charge in [0.05, 0.1) is 36.3 Å².